The molecule has 0 amide bonds. The molecule has 0 atom stereocenters. The van der Waals surface area contributed by atoms with Gasteiger partial charge in [-0.15, -0.1) is 0 Å². The first-order chi connectivity index (χ1) is 8.24. The quantitative estimate of drug-likeness (QED) is 0.870. The Labute approximate surface area is 102 Å². The molecule has 1 heterocycles. The summed E-state index contributed by atoms with van der Waals surface area (Å²) in [6.07, 6.45) is 0.961. The van der Waals surface area contributed by atoms with Crippen molar-refractivity contribution in [2.24, 2.45) is 7.05 Å². The molecule has 17 heavy (non-hydrogen) atoms. The lowest BCUT2D eigenvalue weighted by molar-refractivity contribution is 0.703. The number of aromatic nitrogens is 2. The molecule has 0 bridgehead atoms. The summed E-state index contributed by atoms with van der Waals surface area (Å²) >= 11 is 0. The topological polar surface area (TPSA) is 29.9 Å². The van der Waals surface area contributed by atoms with Crippen molar-refractivity contribution in [2.45, 2.75) is 13.3 Å². The first-order valence-corrected chi connectivity index (χ1v) is 5.96. The number of hydrogen-bond donors (Lipinski definition) is 1. The summed E-state index contributed by atoms with van der Waals surface area (Å²) in [5, 5.41) is 7.78. The maximum Gasteiger partial charge on any atom is 0.0718 e. The van der Waals surface area contributed by atoms with Crippen LogP contribution in [0, 0.1) is 6.92 Å². The van der Waals surface area contributed by atoms with Crippen molar-refractivity contribution in [1.29, 1.82) is 0 Å². The van der Waals surface area contributed by atoms with Gasteiger partial charge >= 0.3 is 0 Å². The minimum atomic E-state index is 0.955. The van der Waals surface area contributed by atoms with E-state index in [0.717, 1.165) is 13.0 Å². The van der Waals surface area contributed by atoms with Crippen LogP contribution in [0.4, 0.5) is 0 Å². The third-order valence-electron chi connectivity index (χ3n) is 3.08. The largest absolute Gasteiger partial charge is 0.319 e. The minimum absolute atomic E-state index is 0.955. The van der Waals surface area contributed by atoms with E-state index in [2.05, 4.69) is 41.6 Å². The molecule has 0 aliphatic rings. The molecule has 0 unspecified atom stereocenters. The van der Waals surface area contributed by atoms with Gasteiger partial charge in [0, 0.05) is 31.3 Å². The Balaban J connectivity index is 2.44. The van der Waals surface area contributed by atoms with Gasteiger partial charge < -0.3 is 5.32 Å². The molecule has 2 rings (SSSR count). The van der Waals surface area contributed by atoms with Crippen LogP contribution < -0.4 is 5.32 Å². The van der Waals surface area contributed by atoms with Crippen LogP contribution >= 0.6 is 0 Å². The van der Waals surface area contributed by atoms with Gasteiger partial charge in [-0.1, -0.05) is 30.3 Å². The number of likely N-dealkylation sites (N-methyl/N-ethyl adjacent to an activating group) is 1. The van der Waals surface area contributed by atoms with Crippen molar-refractivity contribution >= 4 is 0 Å². The van der Waals surface area contributed by atoms with Crippen LogP contribution in [0.1, 0.15) is 11.4 Å². The first kappa shape index (κ1) is 11.9. The summed E-state index contributed by atoms with van der Waals surface area (Å²) in [4.78, 5) is 0. The Hall–Kier alpha value is -1.61. The lowest BCUT2D eigenvalue weighted by Gasteiger charge is -2.04. The number of nitrogens with zero attached hydrogens (tertiary/aromatic N) is 2. The number of rotatable bonds is 4. The number of benzene rings is 1. The average molecular weight is 229 g/mol. The van der Waals surface area contributed by atoms with E-state index in [9.17, 15) is 0 Å². The third-order valence-corrected chi connectivity index (χ3v) is 3.08. The van der Waals surface area contributed by atoms with Crippen molar-refractivity contribution in [3.63, 3.8) is 0 Å². The first-order valence-electron chi connectivity index (χ1n) is 5.96. The molecule has 0 saturated heterocycles. The van der Waals surface area contributed by atoms with Gasteiger partial charge in [-0.2, -0.15) is 5.10 Å². The van der Waals surface area contributed by atoms with Gasteiger partial charge in [0.2, 0.25) is 0 Å². The molecule has 0 radical (unpaired) electrons. The van der Waals surface area contributed by atoms with Gasteiger partial charge in [0.25, 0.3) is 0 Å². The highest BCUT2D eigenvalue weighted by Crippen LogP contribution is 2.26. The summed E-state index contributed by atoms with van der Waals surface area (Å²) in [5.74, 6) is 0. The maximum absolute atomic E-state index is 4.60. The van der Waals surface area contributed by atoms with Gasteiger partial charge in [-0.25, -0.2) is 0 Å². The predicted molar refractivity (Wildman–Crippen MR) is 71.0 cm³/mol. The fourth-order valence-electron chi connectivity index (χ4n) is 2.08. The van der Waals surface area contributed by atoms with E-state index in [0.29, 0.717) is 0 Å². The lowest BCUT2D eigenvalue weighted by Crippen LogP contribution is -2.11. The van der Waals surface area contributed by atoms with Gasteiger partial charge in [0.15, 0.2) is 0 Å². The summed E-state index contributed by atoms with van der Waals surface area (Å²) in [6.45, 7) is 3.08. The number of aryl methyl sites for hydroxylation is 1. The number of nitrogens with one attached hydrogen (secondary N) is 1. The standard InChI is InChI=1S/C14H19N3/c1-11-14(12-7-5-4-6-8-12)13(9-10-15-2)16-17(11)3/h4-8,15H,9-10H2,1-3H3. The Kier molecular flexibility index (Phi) is 3.59. The molecule has 0 spiro atoms. The minimum Gasteiger partial charge on any atom is -0.319 e. The van der Waals surface area contributed by atoms with E-state index in [1.54, 1.807) is 0 Å². The Morgan fingerprint density at radius 3 is 2.59 bits per heavy atom. The molecule has 1 N–H and O–H groups in total. The van der Waals surface area contributed by atoms with Gasteiger partial charge in [0.05, 0.1) is 5.69 Å². The summed E-state index contributed by atoms with van der Waals surface area (Å²) in [5.41, 5.74) is 4.93. The van der Waals surface area contributed by atoms with E-state index in [1.807, 2.05) is 24.8 Å². The molecule has 90 valence electrons. The molecule has 3 heteroatoms. The molecule has 1 aromatic heterocycles. The maximum atomic E-state index is 4.60. The van der Waals surface area contributed by atoms with Crippen LogP contribution in [-0.4, -0.2) is 23.4 Å². The summed E-state index contributed by atoms with van der Waals surface area (Å²) < 4.78 is 1.97. The van der Waals surface area contributed by atoms with Crippen LogP contribution in [-0.2, 0) is 13.5 Å². The van der Waals surface area contributed by atoms with E-state index < -0.39 is 0 Å². The second-order valence-corrected chi connectivity index (χ2v) is 4.25. The smallest absolute Gasteiger partial charge is 0.0718 e. The fraction of sp³-hybridized carbons (Fsp3) is 0.357. The van der Waals surface area contributed by atoms with Crippen molar-refractivity contribution < 1.29 is 0 Å². The zero-order valence-corrected chi connectivity index (χ0v) is 10.7. The van der Waals surface area contributed by atoms with Crippen LogP contribution in [0.25, 0.3) is 11.1 Å². The molecular weight excluding hydrogens is 210 g/mol. The van der Waals surface area contributed by atoms with Crippen LogP contribution in [0.3, 0.4) is 0 Å². The predicted octanol–water partition coefficient (Wildman–Crippen LogP) is 2.16. The SMILES string of the molecule is CNCCc1nn(C)c(C)c1-c1ccccc1. The average Bonchev–Trinajstić information content (AvgIpc) is 2.64. The zero-order chi connectivity index (χ0) is 12.3. The second kappa shape index (κ2) is 5.15. The zero-order valence-electron chi connectivity index (χ0n) is 10.7. The molecule has 0 aliphatic heterocycles. The molecular formula is C14H19N3. The highest BCUT2D eigenvalue weighted by atomic mass is 15.3. The lowest BCUT2D eigenvalue weighted by atomic mass is 10.0. The molecule has 0 saturated carbocycles. The monoisotopic (exact) mass is 229 g/mol. The normalized spacial score (nSPS) is 10.8. The van der Waals surface area contributed by atoms with Crippen molar-refractivity contribution in [1.82, 2.24) is 15.1 Å². The Morgan fingerprint density at radius 1 is 1.24 bits per heavy atom. The molecule has 3 nitrogen and oxygen atoms in total. The molecule has 0 aliphatic carbocycles. The van der Waals surface area contributed by atoms with Gasteiger partial charge in [-0.3, -0.25) is 4.68 Å². The van der Waals surface area contributed by atoms with Crippen LogP contribution in [0.15, 0.2) is 30.3 Å². The Morgan fingerprint density at radius 2 is 1.94 bits per heavy atom. The van der Waals surface area contributed by atoms with Crippen molar-refractivity contribution in [2.75, 3.05) is 13.6 Å². The fourth-order valence-corrected chi connectivity index (χ4v) is 2.08. The third kappa shape index (κ3) is 2.39. The van der Waals surface area contributed by atoms with E-state index in [4.69, 9.17) is 0 Å². The molecule has 2 aromatic rings. The van der Waals surface area contributed by atoms with E-state index in [1.165, 1.54) is 22.5 Å². The Bertz CT molecular complexity index is 486. The summed E-state index contributed by atoms with van der Waals surface area (Å²) in [6, 6.07) is 10.5. The summed E-state index contributed by atoms with van der Waals surface area (Å²) in [7, 11) is 3.97. The van der Waals surface area contributed by atoms with Crippen molar-refractivity contribution in [3.8, 4) is 11.1 Å². The highest BCUT2D eigenvalue weighted by molar-refractivity contribution is 5.68. The van der Waals surface area contributed by atoms with Crippen LogP contribution in [0.2, 0.25) is 0 Å². The van der Waals surface area contributed by atoms with Gasteiger partial charge in [0.1, 0.15) is 0 Å². The van der Waals surface area contributed by atoms with Crippen LogP contribution in [0.5, 0.6) is 0 Å². The van der Waals surface area contributed by atoms with E-state index in [-0.39, 0.29) is 0 Å². The number of hydrogen-bond acceptors (Lipinski definition) is 2. The highest BCUT2D eigenvalue weighted by Gasteiger charge is 2.13. The second-order valence-electron chi connectivity index (χ2n) is 4.25. The molecule has 1 aromatic carbocycles. The van der Waals surface area contributed by atoms with E-state index >= 15 is 0 Å². The van der Waals surface area contributed by atoms with Gasteiger partial charge in [-0.05, 0) is 19.5 Å². The van der Waals surface area contributed by atoms with Crippen molar-refractivity contribution in [3.05, 3.63) is 41.7 Å². The molecule has 0 fully saturated rings.